The van der Waals surface area contributed by atoms with Crippen molar-refractivity contribution in [3.8, 4) is 10.4 Å². The molecule has 2 aliphatic heterocycles. The van der Waals surface area contributed by atoms with Crippen LogP contribution in [0.5, 0.6) is 0 Å². The molecule has 8 nitrogen and oxygen atoms in total. The van der Waals surface area contributed by atoms with Gasteiger partial charge in [0.1, 0.15) is 10.5 Å². The minimum Gasteiger partial charge on any atom is -0.477 e. The molecule has 2 fully saturated rings. The molecule has 0 aliphatic carbocycles. The summed E-state index contributed by atoms with van der Waals surface area (Å²) in [6, 6.07) is 15.8. The highest BCUT2D eigenvalue weighted by Gasteiger charge is 2.37. The molecular formula is C35H41Cl2N3O5S. The molecule has 3 aromatic rings. The lowest BCUT2D eigenvalue weighted by molar-refractivity contribution is -0.0113. The molecule has 0 bridgehead atoms. The summed E-state index contributed by atoms with van der Waals surface area (Å²) in [7, 11) is 0. The van der Waals surface area contributed by atoms with E-state index in [0.29, 0.717) is 36.6 Å². The number of carboxylic acid groups (broad SMARTS) is 1. The minimum atomic E-state index is -1.09. The number of hydrogen-bond acceptors (Lipinski definition) is 6. The number of likely N-dealkylation sites (tertiary alicyclic amines) is 2. The summed E-state index contributed by atoms with van der Waals surface area (Å²) in [6.07, 6.45) is 5.45. The second-order valence-corrected chi connectivity index (χ2v) is 14.8. The van der Waals surface area contributed by atoms with Crippen molar-refractivity contribution in [3.63, 3.8) is 0 Å². The third-order valence-corrected chi connectivity index (χ3v) is 10.2. The van der Waals surface area contributed by atoms with E-state index in [1.807, 2.05) is 62.1 Å². The normalized spacial score (nSPS) is 19.6. The molecule has 2 aliphatic rings. The summed E-state index contributed by atoms with van der Waals surface area (Å²) < 4.78 is 5.81. The number of aromatic carboxylic acids is 1. The Kier molecular flexibility index (Phi) is 11.0. The number of anilines is 1. The molecule has 0 radical (unpaired) electrons. The van der Waals surface area contributed by atoms with Crippen LogP contribution in [0.4, 0.5) is 10.5 Å². The number of carbonyl (C=O) groups excluding carboxylic acids is 2. The molecule has 2 saturated heterocycles. The second-order valence-electron chi connectivity index (χ2n) is 12.9. The number of ether oxygens (including phenoxy) is 1. The third kappa shape index (κ3) is 8.05. The molecule has 11 heteroatoms. The maximum Gasteiger partial charge on any atom is 0.411 e. The van der Waals surface area contributed by atoms with Crippen LogP contribution in [-0.4, -0.2) is 70.3 Å². The van der Waals surface area contributed by atoms with Gasteiger partial charge in [-0.15, -0.1) is 11.3 Å². The van der Waals surface area contributed by atoms with Gasteiger partial charge in [0.2, 0.25) is 0 Å². The van der Waals surface area contributed by atoms with Gasteiger partial charge in [0.25, 0.3) is 5.91 Å². The van der Waals surface area contributed by atoms with Crippen LogP contribution in [0.25, 0.3) is 10.4 Å². The Labute approximate surface area is 284 Å². The number of halogens is 2. The summed E-state index contributed by atoms with van der Waals surface area (Å²) in [5.41, 5.74) is 0.898. The quantitative estimate of drug-likeness (QED) is 0.278. The number of nitrogens with zero attached hydrogens (tertiary/aromatic N) is 3. The van der Waals surface area contributed by atoms with E-state index in [4.69, 9.17) is 27.9 Å². The first-order chi connectivity index (χ1) is 21.9. The van der Waals surface area contributed by atoms with E-state index in [1.54, 1.807) is 17.0 Å². The number of amides is 2. The average Bonchev–Trinajstić information content (AvgIpc) is 3.13. The minimum absolute atomic E-state index is 0.0956. The number of benzene rings is 2. The molecule has 1 aromatic heterocycles. The Bertz CT molecular complexity index is 1560. The smallest absolute Gasteiger partial charge is 0.411 e. The van der Waals surface area contributed by atoms with E-state index in [0.717, 1.165) is 60.4 Å². The highest BCUT2D eigenvalue weighted by Crippen LogP contribution is 2.40. The van der Waals surface area contributed by atoms with Gasteiger partial charge in [-0.1, -0.05) is 60.0 Å². The predicted molar refractivity (Wildman–Crippen MR) is 184 cm³/mol. The fourth-order valence-corrected chi connectivity index (χ4v) is 7.87. The first-order valence-electron chi connectivity index (χ1n) is 15.9. The molecule has 2 amide bonds. The maximum atomic E-state index is 14.4. The average molecular weight is 687 g/mol. The van der Waals surface area contributed by atoms with Crippen molar-refractivity contribution in [2.45, 2.75) is 83.5 Å². The van der Waals surface area contributed by atoms with Gasteiger partial charge >= 0.3 is 12.1 Å². The van der Waals surface area contributed by atoms with Gasteiger partial charge in [0.15, 0.2) is 0 Å². The van der Waals surface area contributed by atoms with Crippen LogP contribution in [0.2, 0.25) is 10.0 Å². The Morgan fingerprint density at radius 3 is 2.37 bits per heavy atom. The molecule has 246 valence electrons. The van der Waals surface area contributed by atoms with Gasteiger partial charge in [-0.05, 0) is 89.1 Å². The zero-order valence-corrected chi connectivity index (χ0v) is 28.8. The third-order valence-electron chi connectivity index (χ3n) is 8.47. The van der Waals surface area contributed by atoms with Crippen molar-refractivity contribution in [2.75, 3.05) is 24.5 Å². The van der Waals surface area contributed by atoms with E-state index in [1.165, 1.54) is 6.07 Å². The lowest BCUT2D eigenvalue weighted by Gasteiger charge is -2.39. The number of carbonyl (C=O) groups is 3. The van der Waals surface area contributed by atoms with Crippen molar-refractivity contribution < 1.29 is 24.2 Å². The number of hydrogen-bond donors (Lipinski definition) is 1. The summed E-state index contributed by atoms with van der Waals surface area (Å²) in [6.45, 7) is 7.65. The molecule has 0 saturated carbocycles. The number of carboxylic acids is 1. The van der Waals surface area contributed by atoms with Crippen LogP contribution in [0.3, 0.4) is 0 Å². The highest BCUT2D eigenvalue weighted by atomic mass is 35.5. The Morgan fingerprint density at radius 1 is 0.913 bits per heavy atom. The Hall–Kier alpha value is -3.11. The standard InChI is InChI=1S/C35H41Cl2N3O5S/c1-35(2,3)45-34(44)39-19-9-5-8-14-30(39)38-18-10-13-25(17-20-38)40(32(41)26-16-15-24(36)21-27(26)37)28-22-29(46-31(28)33(42)43)23-11-6-4-7-12-23/h4,6-7,11-12,15-16,21-22,25,30H,5,8-10,13-14,17-20H2,1-3H3,(H,42,43). The van der Waals surface area contributed by atoms with E-state index < -0.39 is 11.6 Å². The largest absolute Gasteiger partial charge is 0.477 e. The van der Waals surface area contributed by atoms with Gasteiger partial charge in [0, 0.05) is 35.6 Å². The SMILES string of the molecule is CC(C)(C)OC(=O)N1CCCCCC1N1CCCC(N(C(=O)c2ccc(Cl)cc2Cl)c2cc(-c3ccccc3)sc2C(=O)O)CC1. The Morgan fingerprint density at radius 2 is 1.67 bits per heavy atom. The maximum absolute atomic E-state index is 14.4. The summed E-state index contributed by atoms with van der Waals surface area (Å²) >= 11 is 13.9. The zero-order chi connectivity index (χ0) is 33.0. The van der Waals surface area contributed by atoms with Gasteiger partial charge in [-0.25, -0.2) is 9.59 Å². The van der Waals surface area contributed by atoms with E-state index in [-0.39, 0.29) is 39.7 Å². The van der Waals surface area contributed by atoms with Gasteiger partial charge < -0.3 is 14.7 Å². The van der Waals surface area contributed by atoms with E-state index in [9.17, 15) is 19.5 Å². The molecule has 5 rings (SSSR count). The van der Waals surface area contributed by atoms with Gasteiger partial charge in [-0.2, -0.15) is 0 Å². The van der Waals surface area contributed by atoms with Crippen molar-refractivity contribution in [2.24, 2.45) is 0 Å². The first kappa shape index (κ1) is 34.2. The Balaban J connectivity index is 1.49. The number of rotatable bonds is 6. The first-order valence-corrected chi connectivity index (χ1v) is 17.4. The molecule has 2 aromatic carbocycles. The van der Waals surface area contributed by atoms with Crippen LogP contribution >= 0.6 is 34.5 Å². The lowest BCUT2D eigenvalue weighted by Crippen LogP contribution is -2.52. The zero-order valence-electron chi connectivity index (χ0n) is 26.5. The molecule has 2 atom stereocenters. The van der Waals surface area contributed by atoms with E-state index >= 15 is 0 Å². The lowest BCUT2D eigenvalue weighted by atomic mass is 10.0. The van der Waals surface area contributed by atoms with Crippen LogP contribution < -0.4 is 4.90 Å². The van der Waals surface area contributed by atoms with Crippen LogP contribution in [0.15, 0.2) is 54.6 Å². The summed E-state index contributed by atoms with van der Waals surface area (Å²) in [5.74, 6) is -1.46. The second kappa shape index (κ2) is 14.8. The van der Waals surface area contributed by atoms with Crippen molar-refractivity contribution in [3.05, 3.63) is 75.1 Å². The number of thiophene rings is 1. The molecule has 46 heavy (non-hydrogen) atoms. The van der Waals surface area contributed by atoms with E-state index in [2.05, 4.69) is 4.90 Å². The molecule has 1 N–H and O–H groups in total. The van der Waals surface area contributed by atoms with Crippen molar-refractivity contribution >= 4 is 58.2 Å². The highest BCUT2D eigenvalue weighted by molar-refractivity contribution is 7.18. The topological polar surface area (TPSA) is 90.4 Å². The van der Waals surface area contributed by atoms with Gasteiger partial charge in [-0.3, -0.25) is 14.6 Å². The molecular weight excluding hydrogens is 645 g/mol. The fraction of sp³-hybridized carbons (Fsp3) is 0.457. The van der Waals surface area contributed by atoms with Crippen LogP contribution in [-0.2, 0) is 4.74 Å². The van der Waals surface area contributed by atoms with Crippen molar-refractivity contribution in [1.82, 2.24) is 9.80 Å². The predicted octanol–water partition coefficient (Wildman–Crippen LogP) is 9.06. The summed E-state index contributed by atoms with van der Waals surface area (Å²) in [5, 5.41) is 11.0. The van der Waals surface area contributed by atoms with Crippen LogP contribution in [0, 0.1) is 0 Å². The molecule has 0 spiro atoms. The van der Waals surface area contributed by atoms with Crippen LogP contribution in [0.1, 0.15) is 85.7 Å². The van der Waals surface area contributed by atoms with Crippen molar-refractivity contribution in [1.29, 1.82) is 0 Å². The fourth-order valence-electron chi connectivity index (χ4n) is 6.38. The van der Waals surface area contributed by atoms with Gasteiger partial charge in [0.05, 0.1) is 22.4 Å². The molecule has 3 heterocycles. The monoisotopic (exact) mass is 685 g/mol. The summed E-state index contributed by atoms with van der Waals surface area (Å²) in [4.78, 5) is 47.1. The molecule has 2 unspecified atom stereocenters.